The lowest BCUT2D eigenvalue weighted by atomic mass is 10.1. The van der Waals surface area contributed by atoms with E-state index >= 15 is 0 Å². The molecule has 0 radical (unpaired) electrons. The first-order valence-electron chi connectivity index (χ1n) is 4.79. The molecule has 2 rings (SSSR count). The van der Waals surface area contributed by atoms with Crippen molar-refractivity contribution in [3.63, 3.8) is 0 Å². The standard InChI is InChI=1S/C10H14N2O2S/c1-8-4-3-5-9(6-8)10-7-12(2)15(13,14)11-10/h3-6,10-11H,7H2,1-2H3/t10-/m1/s1. The normalized spacial score (nSPS) is 25.6. The maximum absolute atomic E-state index is 11.4. The zero-order valence-corrected chi connectivity index (χ0v) is 9.58. The molecule has 0 amide bonds. The molecule has 0 bridgehead atoms. The molecule has 0 aliphatic carbocycles. The van der Waals surface area contributed by atoms with Crippen molar-refractivity contribution in [2.45, 2.75) is 13.0 Å². The van der Waals surface area contributed by atoms with Crippen LogP contribution in [0, 0.1) is 6.92 Å². The molecule has 1 heterocycles. The van der Waals surface area contributed by atoms with Crippen molar-refractivity contribution in [1.82, 2.24) is 9.03 Å². The first kappa shape index (κ1) is 10.6. The van der Waals surface area contributed by atoms with Gasteiger partial charge in [-0.2, -0.15) is 17.4 Å². The van der Waals surface area contributed by atoms with E-state index in [0.717, 1.165) is 11.1 Å². The summed E-state index contributed by atoms with van der Waals surface area (Å²) in [5.41, 5.74) is 2.16. The van der Waals surface area contributed by atoms with E-state index in [2.05, 4.69) is 4.72 Å². The third kappa shape index (κ3) is 2.04. The molecular formula is C10H14N2O2S. The predicted molar refractivity (Wildman–Crippen MR) is 58.6 cm³/mol. The molecule has 5 heteroatoms. The molecule has 1 saturated heterocycles. The van der Waals surface area contributed by atoms with Gasteiger partial charge < -0.3 is 0 Å². The van der Waals surface area contributed by atoms with E-state index in [4.69, 9.17) is 0 Å². The van der Waals surface area contributed by atoms with Gasteiger partial charge in [0.25, 0.3) is 10.2 Å². The number of hydrogen-bond donors (Lipinski definition) is 1. The van der Waals surface area contributed by atoms with Gasteiger partial charge in [0.05, 0.1) is 6.04 Å². The quantitative estimate of drug-likeness (QED) is 0.770. The summed E-state index contributed by atoms with van der Waals surface area (Å²) in [5.74, 6) is 0. The average molecular weight is 226 g/mol. The van der Waals surface area contributed by atoms with Crippen LogP contribution in [0.1, 0.15) is 17.2 Å². The van der Waals surface area contributed by atoms with Crippen LogP contribution < -0.4 is 4.72 Å². The number of aryl methyl sites for hydroxylation is 1. The molecule has 1 atom stereocenters. The Balaban J connectivity index is 2.29. The van der Waals surface area contributed by atoms with Gasteiger partial charge in [-0.1, -0.05) is 29.8 Å². The molecule has 1 aromatic carbocycles. The number of likely N-dealkylation sites (N-methyl/N-ethyl adjacent to an activating group) is 1. The number of nitrogens with zero attached hydrogens (tertiary/aromatic N) is 1. The Kier molecular flexibility index (Phi) is 2.54. The molecule has 1 fully saturated rings. The Morgan fingerprint density at radius 2 is 2.20 bits per heavy atom. The summed E-state index contributed by atoms with van der Waals surface area (Å²) in [6, 6.07) is 7.76. The summed E-state index contributed by atoms with van der Waals surface area (Å²) in [4.78, 5) is 0. The molecule has 1 aliphatic heterocycles. The van der Waals surface area contributed by atoms with Crippen molar-refractivity contribution in [2.75, 3.05) is 13.6 Å². The summed E-state index contributed by atoms with van der Waals surface area (Å²) >= 11 is 0. The van der Waals surface area contributed by atoms with Crippen LogP contribution in [0.4, 0.5) is 0 Å². The molecule has 0 unspecified atom stereocenters. The fourth-order valence-corrected chi connectivity index (χ4v) is 2.82. The largest absolute Gasteiger partial charge is 0.279 e. The SMILES string of the molecule is Cc1cccc([C@H]2CN(C)S(=O)(=O)N2)c1. The molecule has 82 valence electrons. The van der Waals surface area contributed by atoms with Crippen molar-refractivity contribution in [2.24, 2.45) is 0 Å². The summed E-state index contributed by atoms with van der Waals surface area (Å²) in [7, 11) is -1.67. The van der Waals surface area contributed by atoms with E-state index in [9.17, 15) is 8.42 Å². The summed E-state index contributed by atoms with van der Waals surface area (Å²) in [5, 5.41) is 0. The Hall–Kier alpha value is -0.910. The first-order valence-corrected chi connectivity index (χ1v) is 6.23. The van der Waals surface area contributed by atoms with E-state index in [-0.39, 0.29) is 6.04 Å². The van der Waals surface area contributed by atoms with Crippen LogP contribution in [-0.2, 0) is 10.2 Å². The maximum atomic E-state index is 11.4. The topological polar surface area (TPSA) is 49.4 Å². The van der Waals surface area contributed by atoms with Crippen molar-refractivity contribution >= 4 is 10.2 Å². The lowest BCUT2D eigenvalue weighted by Gasteiger charge is -2.08. The molecule has 1 N–H and O–H groups in total. The molecular weight excluding hydrogens is 212 g/mol. The van der Waals surface area contributed by atoms with Crippen molar-refractivity contribution in [3.8, 4) is 0 Å². The Labute approximate surface area is 90.1 Å². The highest BCUT2D eigenvalue weighted by Crippen LogP contribution is 2.22. The third-order valence-corrected chi connectivity index (χ3v) is 4.14. The first-order chi connectivity index (χ1) is 6.99. The van der Waals surface area contributed by atoms with Gasteiger partial charge >= 0.3 is 0 Å². The minimum Gasteiger partial charge on any atom is -0.195 e. The van der Waals surface area contributed by atoms with Gasteiger partial charge in [0.1, 0.15) is 0 Å². The van der Waals surface area contributed by atoms with E-state index in [1.807, 2.05) is 31.2 Å². The number of hydrogen-bond acceptors (Lipinski definition) is 2. The monoisotopic (exact) mass is 226 g/mol. The smallest absolute Gasteiger partial charge is 0.195 e. The van der Waals surface area contributed by atoms with Gasteiger partial charge in [0, 0.05) is 13.6 Å². The lowest BCUT2D eigenvalue weighted by Crippen LogP contribution is -2.25. The highest BCUT2D eigenvalue weighted by molar-refractivity contribution is 7.87. The van der Waals surface area contributed by atoms with E-state index in [1.54, 1.807) is 7.05 Å². The van der Waals surface area contributed by atoms with Gasteiger partial charge in [-0.15, -0.1) is 0 Å². The van der Waals surface area contributed by atoms with Crippen molar-refractivity contribution in [1.29, 1.82) is 0 Å². The molecule has 4 nitrogen and oxygen atoms in total. The van der Waals surface area contributed by atoms with Crippen LogP contribution in [0.15, 0.2) is 24.3 Å². The van der Waals surface area contributed by atoms with Crippen LogP contribution >= 0.6 is 0 Å². The van der Waals surface area contributed by atoms with Crippen molar-refractivity contribution < 1.29 is 8.42 Å². The van der Waals surface area contributed by atoms with Crippen LogP contribution in [-0.4, -0.2) is 26.3 Å². The zero-order chi connectivity index (χ0) is 11.1. The molecule has 1 aliphatic rings. The van der Waals surface area contributed by atoms with E-state index in [0.29, 0.717) is 6.54 Å². The highest BCUT2D eigenvalue weighted by atomic mass is 32.2. The van der Waals surface area contributed by atoms with Gasteiger partial charge in [-0.05, 0) is 12.5 Å². The number of benzene rings is 1. The zero-order valence-electron chi connectivity index (χ0n) is 8.77. The lowest BCUT2D eigenvalue weighted by molar-refractivity contribution is 0.494. The summed E-state index contributed by atoms with van der Waals surface area (Å²) in [6.07, 6.45) is 0. The van der Waals surface area contributed by atoms with Crippen LogP contribution in [0.5, 0.6) is 0 Å². The highest BCUT2D eigenvalue weighted by Gasteiger charge is 2.32. The second-order valence-corrected chi connectivity index (χ2v) is 5.68. The molecule has 0 aromatic heterocycles. The third-order valence-electron chi connectivity index (χ3n) is 2.59. The average Bonchev–Trinajstić information content (AvgIpc) is 2.42. The second-order valence-electron chi connectivity index (χ2n) is 3.87. The fourth-order valence-electron chi connectivity index (χ4n) is 1.72. The van der Waals surface area contributed by atoms with Crippen molar-refractivity contribution in [3.05, 3.63) is 35.4 Å². The van der Waals surface area contributed by atoms with E-state index < -0.39 is 10.2 Å². The summed E-state index contributed by atoms with van der Waals surface area (Å²) < 4.78 is 26.8. The molecule has 0 spiro atoms. The Morgan fingerprint density at radius 1 is 1.47 bits per heavy atom. The minimum absolute atomic E-state index is 0.125. The molecule has 0 saturated carbocycles. The summed E-state index contributed by atoms with van der Waals surface area (Å²) in [6.45, 7) is 2.49. The van der Waals surface area contributed by atoms with E-state index in [1.165, 1.54) is 4.31 Å². The van der Waals surface area contributed by atoms with Crippen LogP contribution in [0.3, 0.4) is 0 Å². The fraction of sp³-hybridized carbons (Fsp3) is 0.400. The van der Waals surface area contributed by atoms with Crippen LogP contribution in [0.2, 0.25) is 0 Å². The van der Waals surface area contributed by atoms with Crippen LogP contribution in [0.25, 0.3) is 0 Å². The van der Waals surface area contributed by atoms with Gasteiger partial charge in [-0.3, -0.25) is 0 Å². The second kappa shape index (κ2) is 3.59. The minimum atomic E-state index is -3.25. The van der Waals surface area contributed by atoms with Gasteiger partial charge in [-0.25, -0.2) is 0 Å². The van der Waals surface area contributed by atoms with Gasteiger partial charge in [0.15, 0.2) is 0 Å². The Bertz CT molecular complexity index is 470. The molecule has 1 aromatic rings. The van der Waals surface area contributed by atoms with Gasteiger partial charge in [0.2, 0.25) is 0 Å². The Morgan fingerprint density at radius 3 is 2.73 bits per heavy atom. The number of rotatable bonds is 1. The number of nitrogens with one attached hydrogen (secondary N) is 1. The molecule has 15 heavy (non-hydrogen) atoms. The predicted octanol–water partition coefficient (Wildman–Crippen LogP) is 0.816. The maximum Gasteiger partial charge on any atom is 0.279 e.